The summed E-state index contributed by atoms with van der Waals surface area (Å²) in [4.78, 5) is 4.10. The van der Waals surface area contributed by atoms with Crippen LogP contribution in [0.4, 0.5) is 5.69 Å². The standard InChI is InChI=1S/C11H14BrClN2/c12-10-6-9(7-14-11(10)13)15-8-4-2-1-3-5-8/h6-8,15H,1-5H2. The van der Waals surface area contributed by atoms with Gasteiger partial charge in [0.05, 0.1) is 16.4 Å². The molecule has 1 N–H and O–H groups in total. The molecular formula is C11H14BrClN2. The van der Waals surface area contributed by atoms with Crippen molar-refractivity contribution in [2.75, 3.05) is 5.32 Å². The topological polar surface area (TPSA) is 24.9 Å². The lowest BCUT2D eigenvalue weighted by Crippen LogP contribution is -2.22. The highest BCUT2D eigenvalue weighted by Crippen LogP contribution is 2.26. The first-order valence-corrected chi connectivity index (χ1v) is 6.50. The van der Waals surface area contributed by atoms with Crippen LogP contribution in [0.2, 0.25) is 5.15 Å². The number of anilines is 1. The van der Waals surface area contributed by atoms with E-state index in [-0.39, 0.29) is 0 Å². The molecule has 0 radical (unpaired) electrons. The molecular weight excluding hydrogens is 275 g/mol. The quantitative estimate of drug-likeness (QED) is 0.824. The molecule has 1 aliphatic rings. The predicted octanol–water partition coefficient (Wildman–Crippen LogP) is 4.24. The summed E-state index contributed by atoms with van der Waals surface area (Å²) < 4.78 is 0.852. The summed E-state index contributed by atoms with van der Waals surface area (Å²) >= 11 is 9.21. The number of hydrogen-bond acceptors (Lipinski definition) is 2. The molecule has 1 heterocycles. The molecule has 2 rings (SSSR count). The van der Waals surface area contributed by atoms with Gasteiger partial charge in [0.2, 0.25) is 0 Å². The zero-order chi connectivity index (χ0) is 10.7. The lowest BCUT2D eigenvalue weighted by molar-refractivity contribution is 0.462. The second-order valence-electron chi connectivity index (χ2n) is 3.98. The molecule has 82 valence electrons. The summed E-state index contributed by atoms with van der Waals surface area (Å²) in [6.07, 6.45) is 8.36. The van der Waals surface area contributed by atoms with Crippen LogP contribution >= 0.6 is 27.5 Å². The average molecular weight is 290 g/mol. The Hall–Kier alpha value is -0.280. The summed E-state index contributed by atoms with van der Waals surface area (Å²) in [6, 6.07) is 2.60. The van der Waals surface area contributed by atoms with Crippen LogP contribution in [0.5, 0.6) is 0 Å². The maximum absolute atomic E-state index is 5.84. The van der Waals surface area contributed by atoms with Crippen LogP contribution in [0.1, 0.15) is 32.1 Å². The number of pyridine rings is 1. The van der Waals surface area contributed by atoms with Gasteiger partial charge in [-0.05, 0) is 34.8 Å². The average Bonchev–Trinajstić information content (AvgIpc) is 2.25. The summed E-state index contributed by atoms with van der Waals surface area (Å²) in [5.74, 6) is 0. The van der Waals surface area contributed by atoms with Crippen LogP contribution in [0.25, 0.3) is 0 Å². The Bertz CT molecular complexity index is 337. The molecule has 0 atom stereocenters. The Balaban J connectivity index is 2.00. The Morgan fingerprint density at radius 2 is 2.07 bits per heavy atom. The molecule has 0 saturated heterocycles. The number of hydrogen-bond donors (Lipinski definition) is 1. The van der Waals surface area contributed by atoms with E-state index >= 15 is 0 Å². The monoisotopic (exact) mass is 288 g/mol. The van der Waals surface area contributed by atoms with E-state index in [1.807, 2.05) is 6.07 Å². The maximum Gasteiger partial charge on any atom is 0.143 e. The van der Waals surface area contributed by atoms with Crippen molar-refractivity contribution in [2.24, 2.45) is 0 Å². The summed E-state index contributed by atoms with van der Waals surface area (Å²) in [5, 5.41) is 4.02. The minimum Gasteiger partial charge on any atom is -0.381 e. The van der Waals surface area contributed by atoms with Gasteiger partial charge in [0.1, 0.15) is 5.15 Å². The molecule has 0 aromatic carbocycles. The zero-order valence-corrected chi connectivity index (χ0v) is 10.8. The Morgan fingerprint density at radius 3 is 2.73 bits per heavy atom. The van der Waals surface area contributed by atoms with Crippen LogP contribution in [0.15, 0.2) is 16.7 Å². The smallest absolute Gasteiger partial charge is 0.143 e. The predicted molar refractivity (Wildman–Crippen MR) is 67.4 cm³/mol. The van der Waals surface area contributed by atoms with Crippen LogP contribution in [0.3, 0.4) is 0 Å². The molecule has 0 amide bonds. The number of aromatic nitrogens is 1. The van der Waals surface area contributed by atoms with E-state index in [4.69, 9.17) is 11.6 Å². The van der Waals surface area contributed by atoms with Crippen molar-refractivity contribution in [2.45, 2.75) is 38.1 Å². The highest BCUT2D eigenvalue weighted by molar-refractivity contribution is 9.10. The molecule has 4 heteroatoms. The zero-order valence-electron chi connectivity index (χ0n) is 8.47. The van der Waals surface area contributed by atoms with Gasteiger partial charge in [-0.3, -0.25) is 0 Å². The third-order valence-electron chi connectivity index (χ3n) is 2.77. The molecule has 0 aliphatic heterocycles. The molecule has 0 spiro atoms. The highest BCUT2D eigenvalue weighted by Gasteiger charge is 2.13. The molecule has 1 saturated carbocycles. The molecule has 1 aromatic rings. The number of halogens is 2. The van der Waals surface area contributed by atoms with Crippen LogP contribution in [0, 0.1) is 0 Å². The SMILES string of the molecule is Clc1ncc(NC2CCCCC2)cc1Br. The van der Waals surface area contributed by atoms with Gasteiger partial charge in [0, 0.05) is 6.04 Å². The second-order valence-corrected chi connectivity index (χ2v) is 5.19. The Kier molecular flexibility index (Phi) is 3.87. The van der Waals surface area contributed by atoms with Crippen LogP contribution in [-0.4, -0.2) is 11.0 Å². The highest BCUT2D eigenvalue weighted by atomic mass is 79.9. The van der Waals surface area contributed by atoms with Crippen molar-refractivity contribution in [3.8, 4) is 0 Å². The van der Waals surface area contributed by atoms with E-state index in [1.54, 1.807) is 6.20 Å². The largest absolute Gasteiger partial charge is 0.381 e. The summed E-state index contributed by atoms with van der Waals surface area (Å²) in [7, 11) is 0. The van der Waals surface area contributed by atoms with Gasteiger partial charge in [0.25, 0.3) is 0 Å². The van der Waals surface area contributed by atoms with Gasteiger partial charge in [-0.1, -0.05) is 30.9 Å². The molecule has 0 bridgehead atoms. The van der Waals surface area contributed by atoms with Crippen molar-refractivity contribution in [1.29, 1.82) is 0 Å². The van der Waals surface area contributed by atoms with E-state index < -0.39 is 0 Å². The van der Waals surface area contributed by atoms with E-state index in [1.165, 1.54) is 32.1 Å². The Labute approximate surface area is 104 Å². The fourth-order valence-electron chi connectivity index (χ4n) is 1.98. The van der Waals surface area contributed by atoms with E-state index in [0.29, 0.717) is 11.2 Å². The fourth-order valence-corrected chi connectivity index (χ4v) is 2.44. The van der Waals surface area contributed by atoms with E-state index in [9.17, 15) is 0 Å². The third kappa shape index (κ3) is 3.08. The second kappa shape index (κ2) is 5.17. The van der Waals surface area contributed by atoms with Crippen LogP contribution in [-0.2, 0) is 0 Å². The van der Waals surface area contributed by atoms with Crippen molar-refractivity contribution < 1.29 is 0 Å². The molecule has 1 aliphatic carbocycles. The van der Waals surface area contributed by atoms with E-state index in [2.05, 4.69) is 26.2 Å². The van der Waals surface area contributed by atoms with Crippen molar-refractivity contribution in [3.05, 3.63) is 21.9 Å². The maximum atomic E-state index is 5.84. The van der Waals surface area contributed by atoms with Crippen molar-refractivity contribution in [1.82, 2.24) is 4.98 Å². The molecule has 1 fully saturated rings. The number of rotatable bonds is 2. The van der Waals surface area contributed by atoms with Crippen molar-refractivity contribution >= 4 is 33.2 Å². The number of nitrogens with zero attached hydrogens (tertiary/aromatic N) is 1. The van der Waals surface area contributed by atoms with Gasteiger partial charge in [0.15, 0.2) is 0 Å². The first kappa shape index (κ1) is 11.2. The Morgan fingerprint density at radius 1 is 1.33 bits per heavy atom. The van der Waals surface area contributed by atoms with Gasteiger partial charge in [-0.15, -0.1) is 0 Å². The third-order valence-corrected chi connectivity index (χ3v) is 3.91. The van der Waals surface area contributed by atoms with Gasteiger partial charge >= 0.3 is 0 Å². The summed E-state index contributed by atoms with van der Waals surface area (Å²) in [6.45, 7) is 0. The summed E-state index contributed by atoms with van der Waals surface area (Å²) in [5.41, 5.74) is 1.05. The fraction of sp³-hybridized carbons (Fsp3) is 0.545. The van der Waals surface area contributed by atoms with Crippen LogP contribution < -0.4 is 5.32 Å². The molecule has 2 nitrogen and oxygen atoms in total. The minimum absolute atomic E-state index is 0.518. The normalized spacial score (nSPS) is 17.7. The minimum atomic E-state index is 0.518. The van der Waals surface area contributed by atoms with Gasteiger partial charge in [-0.25, -0.2) is 4.98 Å². The first-order valence-electron chi connectivity index (χ1n) is 5.33. The molecule has 0 unspecified atom stereocenters. The lowest BCUT2D eigenvalue weighted by atomic mass is 9.95. The first-order chi connectivity index (χ1) is 7.25. The van der Waals surface area contributed by atoms with Gasteiger partial charge in [-0.2, -0.15) is 0 Å². The molecule has 1 aromatic heterocycles. The van der Waals surface area contributed by atoms with Gasteiger partial charge < -0.3 is 5.32 Å². The lowest BCUT2D eigenvalue weighted by Gasteiger charge is -2.23. The number of nitrogens with one attached hydrogen (secondary N) is 1. The van der Waals surface area contributed by atoms with Crippen molar-refractivity contribution in [3.63, 3.8) is 0 Å². The molecule has 15 heavy (non-hydrogen) atoms. The van der Waals surface area contributed by atoms with E-state index in [0.717, 1.165) is 10.2 Å².